The Morgan fingerprint density at radius 3 is 3.16 bits per heavy atom. The Kier molecular flexibility index (Phi) is 5.93. The number of hydrogen-bond acceptors (Lipinski definition) is 5. The first-order valence-electron chi connectivity index (χ1n) is 7.99. The summed E-state index contributed by atoms with van der Waals surface area (Å²) in [6.07, 6.45) is 4.10. The summed E-state index contributed by atoms with van der Waals surface area (Å²) in [6, 6.07) is 6.85. The van der Waals surface area contributed by atoms with Gasteiger partial charge in [0, 0.05) is 11.6 Å². The summed E-state index contributed by atoms with van der Waals surface area (Å²) in [4.78, 5) is 24.1. The fourth-order valence-corrected chi connectivity index (χ4v) is 3.49. The van der Waals surface area contributed by atoms with Gasteiger partial charge in [0.05, 0.1) is 11.4 Å². The number of carbonyl (C=O) groups is 2. The lowest BCUT2D eigenvalue weighted by molar-refractivity contribution is -0.127. The molecule has 132 valence electrons. The van der Waals surface area contributed by atoms with Crippen molar-refractivity contribution in [2.24, 2.45) is 0 Å². The normalized spacial score (nSPS) is 17.6. The third-order valence-electron chi connectivity index (χ3n) is 3.81. The Morgan fingerprint density at radius 1 is 1.44 bits per heavy atom. The van der Waals surface area contributed by atoms with Crippen molar-refractivity contribution in [2.75, 3.05) is 12.3 Å². The van der Waals surface area contributed by atoms with Crippen LogP contribution in [0.1, 0.15) is 19.3 Å². The van der Waals surface area contributed by atoms with Crippen molar-refractivity contribution < 1.29 is 9.59 Å². The Morgan fingerprint density at radius 2 is 2.32 bits per heavy atom. The van der Waals surface area contributed by atoms with E-state index in [1.165, 1.54) is 11.8 Å². The van der Waals surface area contributed by atoms with E-state index in [0.29, 0.717) is 23.1 Å². The van der Waals surface area contributed by atoms with E-state index in [4.69, 9.17) is 11.6 Å². The maximum absolute atomic E-state index is 12.2. The van der Waals surface area contributed by atoms with E-state index in [2.05, 4.69) is 20.8 Å². The van der Waals surface area contributed by atoms with Gasteiger partial charge in [0.1, 0.15) is 12.4 Å². The molecule has 2 amide bonds. The van der Waals surface area contributed by atoms with Gasteiger partial charge in [0.15, 0.2) is 5.16 Å². The molecule has 1 aromatic heterocycles. The maximum atomic E-state index is 12.2. The highest BCUT2D eigenvalue weighted by atomic mass is 35.5. The second-order valence-corrected chi connectivity index (χ2v) is 7.04. The highest BCUT2D eigenvalue weighted by Gasteiger charge is 2.22. The van der Waals surface area contributed by atoms with Crippen LogP contribution in [0.5, 0.6) is 0 Å². The molecule has 1 atom stereocenters. The molecule has 1 unspecified atom stereocenters. The summed E-state index contributed by atoms with van der Waals surface area (Å²) in [5.74, 6) is -0.158. The summed E-state index contributed by atoms with van der Waals surface area (Å²) in [5.41, 5.74) is 0.823. The zero-order chi connectivity index (χ0) is 17.6. The molecule has 1 aliphatic heterocycles. The molecule has 2 N–H and O–H groups in total. The maximum Gasteiger partial charge on any atom is 0.242 e. The minimum atomic E-state index is -0.457. The number of nitrogens with one attached hydrogen (secondary N) is 2. The van der Waals surface area contributed by atoms with Gasteiger partial charge in [-0.1, -0.05) is 29.4 Å². The Bertz CT molecular complexity index is 766. The average molecular weight is 380 g/mol. The zero-order valence-electron chi connectivity index (χ0n) is 13.4. The smallest absolute Gasteiger partial charge is 0.242 e. The third-order valence-corrected chi connectivity index (χ3v) is 4.98. The number of hydrogen-bond donors (Lipinski definition) is 2. The molecule has 3 rings (SSSR count). The number of thioether (sulfide) groups is 1. The molecule has 1 aromatic carbocycles. The van der Waals surface area contributed by atoms with Crippen molar-refractivity contribution in [1.29, 1.82) is 0 Å². The van der Waals surface area contributed by atoms with Crippen LogP contribution in [0.25, 0.3) is 5.69 Å². The van der Waals surface area contributed by atoms with Crippen molar-refractivity contribution in [3.8, 4) is 5.69 Å². The average Bonchev–Trinajstić information content (AvgIpc) is 2.98. The number of amides is 2. The zero-order valence-corrected chi connectivity index (χ0v) is 15.0. The van der Waals surface area contributed by atoms with Gasteiger partial charge in [-0.2, -0.15) is 0 Å². The third kappa shape index (κ3) is 4.73. The number of benzene rings is 1. The molecule has 0 bridgehead atoms. The highest BCUT2D eigenvalue weighted by molar-refractivity contribution is 7.99. The lowest BCUT2D eigenvalue weighted by Gasteiger charge is -2.15. The van der Waals surface area contributed by atoms with E-state index in [-0.39, 0.29) is 17.6 Å². The van der Waals surface area contributed by atoms with Crippen molar-refractivity contribution in [3.63, 3.8) is 0 Å². The fraction of sp³-hybridized carbons (Fsp3) is 0.375. The van der Waals surface area contributed by atoms with Gasteiger partial charge >= 0.3 is 0 Å². The lowest BCUT2D eigenvalue weighted by Crippen LogP contribution is -2.46. The van der Waals surface area contributed by atoms with Crippen LogP contribution in [0.2, 0.25) is 5.02 Å². The number of nitrogens with zero attached hydrogens (tertiary/aromatic N) is 3. The Hall–Kier alpha value is -2.06. The van der Waals surface area contributed by atoms with Crippen molar-refractivity contribution >= 4 is 35.2 Å². The van der Waals surface area contributed by atoms with Crippen LogP contribution in [0, 0.1) is 0 Å². The van der Waals surface area contributed by atoms with Crippen molar-refractivity contribution in [1.82, 2.24) is 25.4 Å². The van der Waals surface area contributed by atoms with Crippen molar-refractivity contribution in [2.45, 2.75) is 30.5 Å². The summed E-state index contributed by atoms with van der Waals surface area (Å²) >= 11 is 7.27. The molecule has 0 saturated carbocycles. The SMILES string of the molecule is O=C(CSc1nncn1-c1cccc(Cl)c1)NC1CCCCNC1=O. The Balaban J connectivity index is 1.59. The minimum absolute atomic E-state index is 0.113. The molecule has 25 heavy (non-hydrogen) atoms. The molecule has 0 aliphatic carbocycles. The van der Waals surface area contributed by atoms with Gasteiger partial charge < -0.3 is 10.6 Å². The molecule has 1 aliphatic rings. The van der Waals surface area contributed by atoms with E-state index in [1.54, 1.807) is 23.0 Å². The van der Waals surface area contributed by atoms with E-state index in [9.17, 15) is 9.59 Å². The quantitative estimate of drug-likeness (QED) is 0.773. The first-order chi connectivity index (χ1) is 12.1. The van der Waals surface area contributed by atoms with Crippen LogP contribution in [0.15, 0.2) is 35.7 Å². The van der Waals surface area contributed by atoms with Gasteiger partial charge in [-0.05, 0) is 37.5 Å². The van der Waals surface area contributed by atoms with E-state index in [1.807, 2.05) is 12.1 Å². The molecule has 2 aromatic rings. The van der Waals surface area contributed by atoms with Crippen LogP contribution in [0.4, 0.5) is 0 Å². The molecule has 9 heteroatoms. The molecule has 0 radical (unpaired) electrons. The molecule has 1 fully saturated rings. The van der Waals surface area contributed by atoms with Gasteiger partial charge in [-0.25, -0.2) is 0 Å². The first kappa shape index (κ1) is 17.8. The predicted octanol–water partition coefficient (Wildman–Crippen LogP) is 1.80. The first-order valence-corrected chi connectivity index (χ1v) is 9.35. The summed E-state index contributed by atoms with van der Waals surface area (Å²) < 4.78 is 1.77. The van der Waals surface area contributed by atoms with Gasteiger partial charge in [-0.3, -0.25) is 14.2 Å². The van der Waals surface area contributed by atoms with Crippen LogP contribution in [0.3, 0.4) is 0 Å². The van der Waals surface area contributed by atoms with E-state index in [0.717, 1.165) is 18.5 Å². The summed E-state index contributed by atoms with van der Waals surface area (Å²) in [6.45, 7) is 0.669. The number of aromatic nitrogens is 3. The van der Waals surface area contributed by atoms with Crippen LogP contribution >= 0.6 is 23.4 Å². The summed E-state index contributed by atoms with van der Waals surface area (Å²) in [5, 5.41) is 14.7. The molecule has 7 nitrogen and oxygen atoms in total. The highest BCUT2D eigenvalue weighted by Crippen LogP contribution is 2.21. The fourth-order valence-electron chi connectivity index (χ4n) is 2.57. The van der Waals surface area contributed by atoms with E-state index < -0.39 is 6.04 Å². The molecular weight excluding hydrogens is 362 g/mol. The largest absolute Gasteiger partial charge is 0.354 e. The second kappa shape index (κ2) is 8.35. The topological polar surface area (TPSA) is 88.9 Å². The number of rotatable bonds is 5. The lowest BCUT2D eigenvalue weighted by atomic mass is 10.1. The minimum Gasteiger partial charge on any atom is -0.354 e. The Labute approximate surface area is 154 Å². The van der Waals surface area contributed by atoms with E-state index >= 15 is 0 Å². The number of carbonyl (C=O) groups excluding carboxylic acids is 2. The van der Waals surface area contributed by atoms with Crippen LogP contribution < -0.4 is 10.6 Å². The monoisotopic (exact) mass is 379 g/mol. The molecule has 2 heterocycles. The number of halogens is 1. The second-order valence-electron chi connectivity index (χ2n) is 5.66. The van der Waals surface area contributed by atoms with Crippen LogP contribution in [-0.2, 0) is 9.59 Å². The molecule has 1 saturated heterocycles. The van der Waals surface area contributed by atoms with Gasteiger partial charge in [-0.15, -0.1) is 10.2 Å². The summed E-state index contributed by atoms with van der Waals surface area (Å²) in [7, 11) is 0. The van der Waals surface area contributed by atoms with Gasteiger partial charge in [0.25, 0.3) is 0 Å². The van der Waals surface area contributed by atoms with Crippen LogP contribution in [-0.4, -0.2) is 44.9 Å². The standard InChI is InChI=1S/C16H18ClN5O2S/c17-11-4-3-5-12(8-11)22-10-19-21-16(22)25-9-14(23)20-13-6-1-2-7-18-15(13)24/h3-5,8,10,13H,1-2,6-7,9H2,(H,18,24)(H,20,23). The molecular formula is C16H18ClN5O2S. The molecule has 0 spiro atoms. The van der Waals surface area contributed by atoms with Gasteiger partial charge in [0.2, 0.25) is 11.8 Å². The predicted molar refractivity (Wildman–Crippen MR) is 95.9 cm³/mol. The van der Waals surface area contributed by atoms with Crippen molar-refractivity contribution in [3.05, 3.63) is 35.6 Å².